The SMILES string of the molecule is CN(C)c1ccc(OC2CCN(C(=O)Cc3ccc([N+](=O)[O-])cc3)C2)nn1. The highest BCUT2D eigenvalue weighted by Crippen LogP contribution is 2.19. The van der Waals surface area contributed by atoms with E-state index < -0.39 is 4.92 Å². The summed E-state index contributed by atoms with van der Waals surface area (Å²) in [6.07, 6.45) is 0.816. The van der Waals surface area contributed by atoms with Crippen molar-refractivity contribution in [3.63, 3.8) is 0 Å². The number of anilines is 1. The summed E-state index contributed by atoms with van der Waals surface area (Å²) in [7, 11) is 3.77. The molecule has 0 bridgehead atoms. The second-order valence-electron chi connectivity index (χ2n) is 6.59. The van der Waals surface area contributed by atoms with Crippen LogP contribution in [0.2, 0.25) is 0 Å². The summed E-state index contributed by atoms with van der Waals surface area (Å²) in [5.41, 5.74) is 0.766. The fourth-order valence-electron chi connectivity index (χ4n) is 2.86. The summed E-state index contributed by atoms with van der Waals surface area (Å²) >= 11 is 0. The molecule has 2 aromatic rings. The number of likely N-dealkylation sites (tertiary alicyclic amines) is 1. The van der Waals surface area contributed by atoms with Gasteiger partial charge >= 0.3 is 0 Å². The van der Waals surface area contributed by atoms with Gasteiger partial charge in [0.05, 0.1) is 17.9 Å². The van der Waals surface area contributed by atoms with Crippen LogP contribution in [0.15, 0.2) is 36.4 Å². The molecule has 1 aliphatic rings. The van der Waals surface area contributed by atoms with Gasteiger partial charge in [-0.15, -0.1) is 10.2 Å². The molecule has 0 spiro atoms. The zero-order valence-electron chi connectivity index (χ0n) is 15.2. The first-order chi connectivity index (χ1) is 12.9. The molecular formula is C18H21N5O4. The van der Waals surface area contributed by atoms with Crippen molar-refractivity contribution in [2.24, 2.45) is 0 Å². The van der Waals surface area contributed by atoms with Gasteiger partial charge in [-0.05, 0) is 11.6 Å². The summed E-state index contributed by atoms with van der Waals surface area (Å²) < 4.78 is 5.82. The Labute approximate surface area is 156 Å². The third kappa shape index (κ3) is 4.69. The fourth-order valence-corrected chi connectivity index (χ4v) is 2.86. The van der Waals surface area contributed by atoms with Crippen LogP contribution in [-0.2, 0) is 11.2 Å². The summed E-state index contributed by atoms with van der Waals surface area (Å²) in [6, 6.07) is 9.64. The lowest BCUT2D eigenvalue weighted by Gasteiger charge is -2.17. The molecule has 0 aliphatic carbocycles. The molecule has 0 saturated carbocycles. The van der Waals surface area contributed by atoms with E-state index in [-0.39, 0.29) is 24.1 Å². The van der Waals surface area contributed by atoms with Gasteiger partial charge in [0.2, 0.25) is 11.8 Å². The van der Waals surface area contributed by atoms with Crippen molar-refractivity contribution < 1.29 is 14.5 Å². The van der Waals surface area contributed by atoms with Crippen LogP contribution >= 0.6 is 0 Å². The minimum Gasteiger partial charge on any atom is -0.471 e. The number of hydrogen-bond donors (Lipinski definition) is 0. The maximum atomic E-state index is 12.5. The number of nitro benzene ring substituents is 1. The molecule has 1 aromatic heterocycles. The van der Waals surface area contributed by atoms with Gasteiger partial charge in [0.1, 0.15) is 6.10 Å². The van der Waals surface area contributed by atoms with E-state index >= 15 is 0 Å². The zero-order valence-corrected chi connectivity index (χ0v) is 15.2. The second-order valence-corrected chi connectivity index (χ2v) is 6.59. The van der Waals surface area contributed by atoms with Gasteiger partial charge in [-0.2, -0.15) is 0 Å². The number of ether oxygens (including phenoxy) is 1. The summed E-state index contributed by atoms with van der Waals surface area (Å²) in [5, 5.41) is 18.8. The summed E-state index contributed by atoms with van der Waals surface area (Å²) in [6.45, 7) is 1.10. The Morgan fingerprint density at radius 1 is 1.26 bits per heavy atom. The van der Waals surface area contributed by atoms with Crippen molar-refractivity contribution in [2.45, 2.75) is 18.9 Å². The van der Waals surface area contributed by atoms with Crippen molar-refractivity contribution in [2.75, 3.05) is 32.1 Å². The molecule has 27 heavy (non-hydrogen) atoms. The minimum atomic E-state index is -0.456. The van der Waals surface area contributed by atoms with Crippen LogP contribution in [0, 0.1) is 10.1 Å². The van der Waals surface area contributed by atoms with Crippen LogP contribution in [0.3, 0.4) is 0 Å². The van der Waals surface area contributed by atoms with E-state index in [1.807, 2.05) is 25.1 Å². The van der Waals surface area contributed by atoms with Gasteiger partial charge in [-0.3, -0.25) is 14.9 Å². The fraction of sp³-hybridized carbons (Fsp3) is 0.389. The number of nitrogens with zero attached hydrogens (tertiary/aromatic N) is 5. The molecule has 3 rings (SSSR count). The summed E-state index contributed by atoms with van der Waals surface area (Å²) in [4.78, 5) is 26.3. The topological polar surface area (TPSA) is 102 Å². The van der Waals surface area contributed by atoms with Crippen LogP contribution in [0.1, 0.15) is 12.0 Å². The van der Waals surface area contributed by atoms with Gasteiger partial charge < -0.3 is 14.5 Å². The molecule has 0 radical (unpaired) electrons. The van der Waals surface area contributed by atoms with E-state index in [1.54, 1.807) is 23.1 Å². The molecule has 1 atom stereocenters. The Morgan fingerprint density at radius 3 is 2.59 bits per heavy atom. The molecule has 1 aliphatic heterocycles. The van der Waals surface area contributed by atoms with Crippen LogP contribution in [-0.4, -0.2) is 59.2 Å². The van der Waals surface area contributed by atoms with Crippen LogP contribution in [0.25, 0.3) is 0 Å². The van der Waals surface area contributed by atoms with E-state index in [0.29, 0.717) is 19.0 Å². The first-order valence-electron chi connectivity index (χ1n) is 8.61. The maximum Gasteiger partial charge on any atom is 0.269 e. The maximum absolute atomic E-state index is 12.5. The normalized spacial score (nSPS) is 16.2. The number of carbonyl (C=O) groups is 1. The van der Waals surface area contributed by atoms with Crippen molar-refractivity contribution in [1.82, 2.24) is 15.1 Å². The molecule has 9 heteroatoms. The van der Waals surface area contributed by atoms with Crippen molar-refractivity contribution in [3.05, 3.63) is 52.1 Å². The third-order valence-corrected chi connectivity index (χ3v) is 4.37. The molecule has 2 heterocycles. The predicted molar refractivity (Wildman–Crippen MR) is 98.8 cm³/mol. The van der Waals surface area contributed by atoms with Gasteiger partial charge in [0.15, 0.2) is 5.82 Å². The average molecular weight is 371 g/mol. The molecule has 0 N–H and O–H groups in total. The van der Waals surface area contributed by atoms with E-state index in [2.05, 4.69) is 10.2 Å². The molecule has 1 aromatic carbocycles. The Kier molecular flexibility index (Phi) is 5.49. The van der Waals surface area contributed by atoms with Gasteiger partial charge in [0.25, 0.3) is 5.69 Å². The first kappa shape index (κ1) is 18.6. The van der Waals surface area contributed by atoms with Crippen molar-refractivity contribution >= 4 is 17.4 Å². The van der Waals surface area contributed by atoms with Crippen LogP contribution in [0.5, 0.6) is 5.88 Å². The number of carbonyl (C=O) groups excluding carboxylic acids is 1. The number of benzene rings is 1. The monoisotopic (exact) mass is 371 g/mol. The minimum absolute atomic E-state index is 0.0160. The molecule has 142 valence electrons. The van der Waals surface area contributed by atoms with E-state index in [0.717, 1.165) is 17.8 Å². The quantitative estimate of drug-likeness (QED) is 0.562. The largest absolute Gasteiger partial charge is 0.471 e. The van der Waals surface area contributed by atoms with E-state index in [1.165, 1.54) is 12.1 Å². The third-order valence-electron chi connectivity index (χ3n) is 4.37. The molecule has 1 unspecified atom stereocenters. The number of nitro groups is 1. The Morgan fingerprint density at radius 2 is 2.00 bits per heavy atom. The number of rotatable bonds is 6. The lowest BCUT2D eigenvalue weighted by atomic mass is 10.1. The van der Waals surface area contributed by atoms with Gasteiger partial charge in [0, 0.05) is 45.3 Å². The zero-order chi connectivity index (χ0) is 19.4. The Balaban J connectivity index is 1.52. The highest BCUT2D eigenvalue weighted by atomic mass is 16.6. The average Bonchev–Trinajstić information content (AvgIpc) is 3.11. The molecule has 1 fully saturated rings. The Bertz CT molecular complexity index is 808. The standard InChI is InChI=1S/C18H21N5O4/c1-21(2)16-7-8-17(20-19-16)27-15-9-10-22(12-15)18(24)11-13-3-5-14(6-4-13)23(25)26/h3-8,15H,9-12H2,1-2H3. The smallest absolute Gasteiger partial charge is 0.269 e. The number of amides is 1. The second kappa shape index (κ2) is 7.98. The summed E-state index contributed by atoms with van der Waals surface area (Å²) in [5.74, 6) is 1.16. The van der Waals surface area contributed by atoms with E-state index in [4.69, 9.17) is 4.74 Å². The number of hydrogen-bond acceptors (Lipinski definition) is 7. The molecular weight excluding hydrogens is 350 g/mol. The van der Waals surface area contributed by atoms with Crippen molar-refractivity contribution in [3.8, 4) is 5.88 Å². The van der Waals surface area contributed by atoms with Gasteiger partial charge in [-0.1, -0.05) is 12.1 Å². The lowest BCUT2D eigenvalue weighted by Crippen LogP contribution is -2.32. The molecule has 1 saturated heterocycles. The van der Waals surface area contributed by atoms with Gasteiger partial charge in [-0.25, -0.2) is 0 Å². The molecule has 1 amide bonds. The highest BCUT2D eigenvalue weighted by molar-refractivity contribution is 5.79. The number of aromatic nitrogens is 2. The highest BCUT2D eigenvalue weighted by Gasteiger charge is 2.28. The Hall–Kier alpha value is -3.23. The lowest BCUT2D eigenvalue weighted by molar-refractivity contribution is -0.384. The van der Waals surface area contributed by atoms with Crippen molar-refractivity contribution in [1.29, 1.82) is 0 Å². The van der Waals surface area contributed by atoms with Crippen LogP contribution < -0.4 is 9.64 Å². The first-order valence-corrected chi connectivity index (χ1v) is 8.61. The van der Waals surface area contributed by atoms with E-state index in [9.17, 15) is 14.9 Å². The molecule has 9 nitrogen and oxygen atoms in total. The van der Waals surface area contributed by atoms with Crippen LogP contribution in [0.4, 0.5) is 11.5 Å². The predicted octanol–water partition coefficient (Wildman–Crippen LogP) is 1.67. The number of non-ortho nitro benzene ring substituents is 1.